The molecule has 0 saturated heterocycles. The number of carbonyl (C=O) groups is 1. The van der Waals surface area contributed by atoms with Crippen molar-refractivity contribution in [3.8, 4) is 0 Å². The van der Waals surface area contributed by atoms with E-state index in [4.69, 9.17) is 0 Å². The summed E-state index contributed by atoms with van der Waals surface area (Å²) in [5.41, 5.74) is 1.22. The number of aromatic nitrogens is 3. The topological polar surface area (TPSA) is 59.8 Å². The Balaban J connectivity index is 1.76. The van der Waals surface area contributed by atoms with Gasteiger partial charge in [-0.2, -0.15) is 0 Å². The van der Waals surface area contributed by atoms with Gasteiger partial charge >= 0.3 is 0 Å². The van der Waals surface area contributed by atoms with Gasteiger partial charge < -0.3 is 9.88 Å². The molecule has 0 unspecified atom stereocenters. The number of carbonyl (C=O) groups excluding carboxylic acids is 1. The smallest absolute Gasteiger partial charge is 0.233 e. The highest BCUT2D eigenvalue weighted by Crippen LogP contribution is 2.19. The predicted octanol–water partition coefficient (Wildman–Crippen LogP) is 1.65. The minimum atomic E-state index is -0.186. The number of amides is 1. The molecule has 2 aromatic rings. The number of hydrogen-bond acceptors (Lipinski definition) is 4. The maximum atomic E-state index is 12.0. The van der Waals surface area contributed by atoms with Crippen molar-refractivity contribution >= 4 is 17.7 Å². The minimum absolute atomic E-state index is 0.0222. The lowest BCUT2D eigenvalue weighted by molar-refractivity contribution is -0.120. The number of benzene rings is 1. The van der Waals surface area contributed by atoms with E-state index in [2.05, 4.69) is 27.6 Å². The van der Waals surface area contributed by atoms with Gasteiger partial charge in [0, 0.05) is 13.6 Å². The molecule has 2 rings (SSSR count). The molecule has 0 fully saturated rings. The molecule has 0 aliphatic heterocycles. The highest BCUT2D eigenvalue weighted by atomic mass is 32.2. The van der Waals surface area contributed by atoms with Crippen molar-refractivity contribution in [2.24, 2.45) is 7.05 Å². The third-order valence-corrected chi connectivity index (χ3v) is 4.03. The van der Waals surface area contributed by atoms with Gasteiger partial charge in [0.05, 0.1) is 5.25 Å². The Morgan fingerprint density at radius 1 is 1.40 bits per heavy atom. The average Bonchev–Trinajstić information content (AvgIpc) is 2.85. The van der Waals surface area contributed by atoms with E-state index in [-0.39, 0.29) is 11.2 Å². The second kappa shape index (κ2) is 7.09. The van der Waals surface area contributed by atoms with Crippen molar-refractivity contribution in [3.63, 3.8) is 0 Å². The van der Waals surface area contributed by atoms with E-state index in [1.54, 1.807) is 10.9 Å². The number of thioether (sulfide) groups is 1. The number of nitrogens with one attached hydrogen (secondary N) is 1. The van der Waals surface area contributed by atoms with Gasteiger partial charge in [0.25, 0.3) is 0 Å². The van der Waals surface area contributed by atoms with Gasteiger partial charge in [-0.25, -0.2) is 0 Å². The van der Waals surface area contributed by atoms with Crippen LogP contribution in [0.3, 0.4) is 0 Å². The lowest BCUT2D eigenvalue weighted by atomic mass is 10.1. The maximum absolute atomic E-state index is 12.0. The SMILES string of the molecule is C[C@@H](Sc1nncn1C)C(=O)NCCc1ccccc1. The van der Waals surface area contributed by atoms with Crippen LogP contribution in [-0.4, -0.2) is 32.5 Å². The second-order valence-electron chi connectivity index (χ2n) is 4.51. The monoisotopic (exact) mass is 290 g/mol. The molecule has 0 aliphatic carbocycles. The van der Waals surface area contributed by atoms with Crippen LogP contribution in [0.1, 0.15) is 12.5 Å². The molecule has 20 heavy (non-hydrogen) atoms. The van der Waals surface area contributed by atoms with E-state index in [0.29, 0.717) is 6.54 Å². The van der Waals surface area contributed by atoms with E-state index >= 15 is 0 Å². The number of nitrogens with zero attached hydrogens (tertiary/aromatic N) is 3. The first kappa shape index (κ1) is 14.6. The summed E-state index contributed by atoms with van der Waals surface area (Å²) < 4.78 is 1.80. The molecule has 6 heteroatoms. The van der Waals surface area contributed by atoms with Gasteiger partial charge in [0.2, 0.25) is 5.91 Å². The minimum Gasteiger partial charge on any atom is -0.355 e. The summed E-state index contributed by atoms with van der Waals surface area (Å²) in [5, 5.41) is 11.3. The van der Waals surface area contributed by atoms with E-state index in [1.165, 1.54) is 17.3 Å². The Kier molecular flexibility index (Phi) is 5.17. The molecule has 106 valence electrons. The predicted molar refractivity (Wildman–Crippen MR) is 79.5 cm³/mol. The van der Waals surface area contributed by atoms with Crippen LogP contribution in [0.15, 0.2) is 41.8 Å². The van der Waals surface area contributed by atoms with Gasteiger partial charge in [-0.05, 0) is 18.9 Å². The first-order valence-corrected chi connectivity index (χ1v) is 7.37. The summed E-state index contributed by atoms with van der Waals surface area (Å²) in [5.74, 6) is 0.0222. The fourth-order valence-electron chi connectivity index (χ4n) is 1.71. The highest BCUT2D eigenvalue weighted by Gasteiger charge is 2.16. The Morgan fingerprint density at radius 3 is 2.80 bits per heavy atom. The fraction of sp³-hybridized carbons (Fsp3) is 0.357. The van der Waals surface area contributed by atoms with Crippen LogP contribution < -0.4 is 5.32 Å². The quantitative estimate of drug-likeness (QED) is 0.822. The Morgan fingerprint density at radius 2 is 2.15 bits per heavy atom. The van der Waals surface area contributed by atoms with Gasteiger partial charge in [-0.15, -0.1) is 10.2 Å². The van der Waals surface area contributed by atoms with Crippen LogP contribution in [0.5, 0.6) is 0 Å². The summed E-state index contributed by atoms with van der Waals surface area (Å²) >= 11 is 1.41. The highest BCUT2D eigenvalue weighted by molar-refractivity contribution is 8.00. The summed E-state index contributed by atoms with van der Waals surface area (Å²) in [6, 6.07) is 10.1. The standard InChI is InChI=1S/C14H18N4OS/c1-11(20-14-17-16-10-18(14)2)13(19)15-9-8-12-6-4-3-5-7-12/h3-7,10-11H,8-9H2,1-2H3,(H,15,19)/t11-/m1/s1. The molecule has 0 bridgehead atoms. The van der Waals surface area contributed by atoms with Crippen molar-refractivity contribution in [3.05, 3.63) is 42.2 Å². The van der Waals surface area contributed by atoms with Gasteiger partial charge in [0.1, 0.15) is 6.33 Å². The number of hydrogen-bond donors (Lipinski definition) is 1. The van der Waals surface area contributed by atoms with Crippen LogP contribution in [0, 0.1) is 0 Å². The van der Waals surface area contributed by atoms with Crippen LogP contribution in [-0.2, 0) is 18.3 Å². The molecule has 1 heterocycles. The molecule has 1 amide bonds. The third-order valence-electron chi connectivity index (χ3n) is 2.88. The Hall–Kier alpha value is -1.82. The van der Waals surface area contributed by atoms with E-state index in [9.17, 15) is 4.79 Å². The zero-order valence-electron chi connectivity index (χ0n) is 11.6. The fourth-order valence-corrected chi connectivity index (χ4v) is 2.52. The van der Waals surface area contributed by atoms with Crippen molar-refractivity contribution in [1.29, 1.82) is 0 Å². The summed E-state index contributed by atoms with van der Waals surface area (Å²) in [4.78, 5) is 12.0. The van der Waals surface area contributed by atoms with Crippen LogP contribution >= 0.6 is 11.8 Å². The summed E-state index contributed by atoms with van der Waals surface area (Å²) in [6.07, 6.45) is 2.47. The first-order valence-electron chi connectivity index (χ1n) is 6.49. The molecule has 5 nitrogen and oxygen atoms in total. The van der Waals surface area contributed by atoms with Gasteiger partial charge in [-0.1, -0.05) is 42.1 Å². The molecular weight excluding hydrogens is 272 g/mol. The maximum Gasteiger partial charge on any atom is 0.233 e. The van der Waals surface area contributed by atoms with Gasteiger partial charge in [0.15, 0.2) is 5.16 Å². The Bertz CT molecular complexity index is 555. The van der Waals surface area contributed by atoms with E-state index in [0.717, 1.165) is 11.6 Å². The summed E-state index contributed by atoms with van der Waals surface area (Å²) in [7, 11) is 1.86. The van der Waals surface area contributed by atoms with Crippen molar-refractivity contribution in [2.75, 3.05) is 6.54 Å². The van der Waals surface area contributed by atoms with Crippen LogP contribution in [0.2, 0.25) is 0 Å². The second-order valence-corrected chi connectivity index (χ2v) is 5.82. The molecule has 1 N–H and O–H groups in total. The van der Waals surface area contributed by atoms with Crippen molar-refractivity contribution in [1.82, 2.24) is 20.1 Å². The summed E-state index contributed by atoms with van der Waals surface area (Å²) in [6.45, 7) is 2.52. The Labute approximate surface area is 122 Å². The van der Waals surface area contributed by atoms with Crippen LogP contribution in [0.4, 0.5) is 0 Å². The normalized spacial score (nSPS) is 12.1. The molecule has 1 aromatic heterocycles. The zero-order chi connectivity index (χ0) is 14.4. The molecule has 0 spiro atoms. The van der Waals surface area contributed by atoms with Crippen LogP contribution in [0.25, 0.3) is 0 Å². The molecule has 1 aromatic carbocycles. The first-order chi connectivity index (χ1) is 9.66. The van der Waals surface area contributed by atoms with Crippen molar-refractivity contribution < 1.29 is 4.79 Å². The number of rotatable bonds is 6. The molecular formula is C14H18N4OS. The van der Waals surface area contributed by atoms with Crippen molar-refractivity contribution in [2.45, 2.75) is 23.8 Å². The zero-order valence-corrected chi connectivity index (χ0v) is 12.4. The largest absolute Gasteiger partial charge is 0.355 e. The molecule has 0 aliphatic rings. The molecule has 0 radical (unpaired) electrons. The van der Waals surface area contributed by atoms with E-state index < -0.39 is 0 Å². The molecule has 1 atom stereocenters. The lowest BCUT2D eigenvalue weighted by Crippen LogP contribution is -2.32. The third kappa shape index (κ3) is 4.09. The number of aryl methyl sites for hydroxylation is 1. The van der Waals surface area contributed by atoms with E-state index in [1.807, 2.05) is 32.2 Å². The average molecular weight is 290 g/mol. The van der Waals surface area contributed by atoms with Gasteiger partial charge in [-0.3, -0.25) is 4.79 Å². The molecule has 0 saturated carbocycles. The lowest BCUT2D eigenvalue weighted by Gasteiger charge is -2.11.